The Morgan fingerprint density at radius 2 is 2.20 bits per heavy atom. The molecule has 4 rings (SSSR count). The predicted octanol–water partition coefficient (Wildman–Crippen LogP) is 0.833. The maximum Gasteiger partial charge on any atom is 0.217 e. The SMILES string of the molecule is O=CN1C(N2CCNCC2)=C2C=CSC3=CC=CC1N32. The number of carbonyl (C=O) groups is 1. The van der Waals surface area contributed by atoms with E-state index in [2.05, 4.69) is 38.8 Å². The molecular formula is C14H16N4OS. The van der Waals surface area contributed by atoms with Gasteiger partial charge in [-0.2, -0.15) is 0 Å². The van der Waals surface area contributed by atoms with E-state index >= 15 is 0 Å². The van der Waals surface area contributed by atoms with Gasteiger partial charge in [0.25, 0.3) is 0 Å². The van der Waals surface area contributed by atoms with Gasteiger partial charge in [0, 0.05) is 26.2 Å². The second-order valence-electron chi connectivity index (χ2n) is 5.05. The molecule has 0 aromatic rings. The molecule has 4 heterocycles. The molecule has 1 amide bonds. The van der Waals surface area contributed by atoms with Crippen molar-refractivity contribution >= 4 is 18.2 Å². The smallest absolute Gasteiger partial charge is 0.217 e. The van der Waals surface area contributed by atoms with E-state index in [9.17, 15) is 4.79 Å². The van der Waals surface area contributed by atoms with Crippen molar-refractivity contribution < 1.29 is 4.79 Å². The summed E-state index contributed by atoms with van der Waals surface area (Å²) >= 11 is 1.70. The molecule has 20 heavy (non-hydrogen) atoms. The van der Waals surface area contributed by atoms with E-state index in [1.807, 2.05) is 11.0 Å². The lowest BCUT2D eigenvalue weighted by Crippen LogP contribution is -2.47. The third-order valence-electron chi connectivity index (χ3n) is 3.99. The lowest BCUT2D eigenvalue weighted by Gasteiger charge is -2.35. The molecule has 1 saturated heterocycles. The number of hydrogen-bond acceptors (Lipinski definition) is 5. The topological polar surface area (TPSA) is 38.8 Å². The van der Waals surface area contributed by atoms with Crippen LogP contribution in [0.5, 0.6) is 0 Å². The molecule has 0 aromatic heterocycles. The van der Waals surface area contributed by atoms with Crippen LogP contribution >= 0.6 is 11.8 Å². The molecule has 0 spiro atoms. The standard InChI is InChI=1S/C14H16N4OS/c19-10-17-12-2-1-3-13-18(12)11(4-9-20-13)14(17)16-7-5-15-6-8-16/h1-4,9-10,12,15H,5-8H2. The Labute approximate surface area is 122 Å². The summed E-state index contributed by atoms with van der Waals surface area (Å²) in [5, 5.41) is 6.65. The quantitative estimate of drug-likeness (QED) is 0.762. The summed E-state index contributed by atoms with van der Waals surface area (Å²) < 4.78 is 0. The summed E-state index contributed by atoms with van der Waals surface area (Å²) in [6, 6.07) is 0. The Bertz CT molecular complexity index is 560. The van der Waals surface area contributed by atoms with Crippen LogP contribution in [-0.2, 0) is 4.79 Å². The van der Waals surface area contributed by atoms with Crippen molar-refractivity contribution in [3.63, 3.8) is 0 Å². The van der Waals surface area contributed by atoms with Crippen molar-refractivity contribution in [2.75, 3.05) is 26.2 Å². The summed E-state index contributed by atoms with van der Waals surface area (Å²) in [5.74, 6) is 1.04. The fourth-order valence-electron chi connectivity index (χ4n) is 3.11. The van der Waals surface area contributed by atoms with Gasteiger partial charge in [-0.05, 0) is 23.6 Å². The Morgan fingerprint density at radius 1 is 1.35 bits per heavy atom. The lowest BCUT2D eigenvalue weighted by molar-refractivity contribution is -0.119. The minimum atomic E-state index is -0.00941. The maximum atomic E-state index is 11.6. The molecule has 0 aromatic carbocycles. The Hall–Kier alpha value is -1.66. The summed E-state index contributed by atoms with van der Waals surface area (Å²) in [6.45, 7) is 3.80. The fourth-order valence-corrected chi connectivity index (χ4v) is 3.92. The molecule has 0 saturated carbocycles. The largest absolute Gasteiger partial charge is 0.354 e. The molecule has 104 valence electrons. The summed E-state index contributed by atoms with van der Waals surface area (Å²) in [4.78, 5) is 18.0. The van der Waals surface area contributed by atoms with Gasteiger partial charge in [0.2, 0.25) is 6.41 Å². The first-order chi connectivity index (χ1) is 9.90. The second kappa shape index (κ2) is 4.71. The van der Waals surface area contributed by atoms with E-state index in [0.29, 0.717) is 0 Å². The van der Waals surface area contributed by atoms with Gasteiger partial charge in [-0.25, -0.2) is 0 Å². The second-order valence-corrected chi connectivity index (χ2v) is 5.98. The van der Waals surface area contributed by atoms with Gasteiger partial charge in [-0.1, -0.05) is 17.8 Å². The van der Waals surface area contributed by atoms with Crippen molar-refractivity contribution in [2.24, 2.45) is 0 Å². The number of hydrogen-bond donors (Lipinski definition) is 1. The third-order valence-corrected chi connectivity index (χ3v) is 4.83. The number of nitrogens with one attached hydrogen (secondary N) is 1. The first-order valence-corrected chi connectivity index (χ1v) is 7.72. The number of carbonyl (C=O) groups excluding carboxylic acids is 1. The molecule has 1 N–H and O–H groups in total. The number of nitrogens with zero attached hydrogens (tertiary/aromatic N) is 3. The van der Waals surface area contributed by atoms with E-state index in [1.54, 1.807) is 11.8 Å². The molecular weight excluding hydrogens is 272 g/mol. The summed E-state index contributed by atoms with van der Waals surface area (Å²) in [5.41, 5.74) is 1.14. The number of allylic oxidation sites excluding steroid dienone is 3. The van der Waals surface area contributed by atoms with E-state index < -0.39 is 0 Å². The first kappa shape index (κ1) is 12.1. The maximum absolute atomic E-state index is 11.6. The average Bonchev–Trinajstić information content (AvgIpc) is 2.84. The van der Waals surface area contributed by atoms with Crippen LogP contribution in [0, 0.1) is 0 Å². The minimum absolute atomic E-state index is 0.00941. The molecule has 1 atom stereocenters. The van der Waals surface area contributed by atoms with Gasteiger partial charge in [-0.15, -0.1) is 0 Å². The highest BCUT2D eigenvalue weighted by atomic mass is 32.2. The molecule has 5 nitrogen and oxygen atoms in total. The summed E-state index contributed by atoms with van der Waals surface area (Å²) in [6.07, 6.45) is 9.29. The van der Waals surface area contributed by atoms with E-state index in [-0.39, 0.29) is 6.17 Å². The van der Waals surface area contributed by atoms with E-state index in [4.69, 9.17) is 0 Å². The Balaban J connectivity index is 1.81. The zero-order valence-corrected chi connectivity index (χ0v) is 11.8. The Morgan fingerprint density at radius 3 is 3.00 bits per heavy atom. The number of rotatable bonds is 2. The van der Waals surface area contributed by atoms with Gasteiger partial charge >= 0.3 is 0 Å². The van der Waals surface area contributed by atoms with Gasteiger partial charge in [-0.3, -0.25) is 9.69 Å². The van der Waals surface area contributed by atoms with Crippen molar-refractivity contribution in [3.8, 4) is 0 Å². The molecule has 1 unspecified atom stereocenters. The summed E-state index contributed by atoms with van der Waals surface area (Å²) in [7, 11) is 0. The highest BCUT2D eigenvalue weighted by Gasteiger charge is 2.42. The van der Waals surface area contributed by atoms with E-state index in [0.717, 1.165) is 44.1 Å². The monoisotopic (exact) mass is 288 g/mol. The third kappa shape index (κ3) is 1.65. The van der Waals surface area contributed by atoms with Crippen LogP contribution in [0.2, 0.25) is 0 Å². The van der Waals surface area contributed by atoms with Crippen LogP contribution in [0.25, 0.3) is 0 Å². The first-order valence-electron chi connectivity index (χ1n) is 6.84. The van der Waals surface area contributed by atoms with E-state index in [1.165, 1.54) is 5.03 Å². The van der Waals surface area contributed by atoms with Crippen LogP contribution < -0.4 is 5.32 Å². The molecule has 0 bridgehead atoms. The van der Waals surface area contributed by atoms with Crippen LogP contribution in [0.4, 0.5) is 0 Å². The molecule has 4 aliphatic heterocycles. The molecule has 0 radical (unpaired) electrons. The number of amides is 1. The van der Waals surface area contributed by atoms with Crippen LogP contribution in [-0.4, -0.2) is 53.5 Å². The highest BCUT2D eigenvalue weighted by Crippen LogP contribution is 2.43. The molecule has 4 aliphatic rings. The number of thioether (sulfide) groups is 1. The molecule has 0 aliphatic carbocycles. The van der Waals surface area contributed by atoms with Crippen LogP contribution in [0.3, 0.4) is 0 Å². The zero-order valence-electron chi connectivity index (χ0n) is 11.0. The molecule has 1 fully saturated rings. The molecule has 6 heteroatoms. The van der Waals surface area contributed by atoms with Crippen molar-refractivity contribution in [2.45, 2.75) is 6.17 Å². The predicted molar refractivity (Wildman–Crippen MR) is 79.0 cm³/mol. The van der Waals surface area contributed by atoms with Crippen molar-refractivity contribution in [1.82, 2.24) is 20.0 Å². The normalized spacial score (nSPS) is 27.9. The number of piperazine rings is 1. The average molecular weight is 288 g/mol. The van der Waals surface area contributed by atoms with Gasteiger partial charge in [0.05, 0.1) is 10.7 Å². The Kier molecular flexibility index (Phi) is 2.85. The fraction of sp³-hybridized carbons (Fsp3) is 0.357. The van der Waals surface area contributed by atoms with Crippen LogP contribution in [0.15, 0.2) is 46.3 Å². The van der Waals surface area contributed by atoms with Crippen molar-refractivity contribution in [1.29, 1.82) is 0 Å². The zero-order chi connectivity index (χ0) is 13.5. The van der Waals surface area contributed by atoms with Gasteiger partial charge in [0.1, 0.15) is 12.0 Å². The lowest BCUT2D eigenvalue weighted by atomic mass is 10.3. The van der Waals surface area contributed by atoms with Gasteiger partial charge < -0.3 is 15.1 Å². The van der Waals surface area contributed by atoms with Crippen LogP contribution in [0.1, 0.15) is 0 Å². The van der Waals surface area contributed by atoms with Gasteiger partial charge in [0.15, 0.2) is 0 Å². The van der Waals surface area contributed by atoms with Crippen molar-refractivity contribution in [3.05, 3.63) is 46.3 Å². The minimum Gasteiger partial charge on any atom is -0.354 e. The highest BCUT2D eigenvalue weighted by molar-refractivity contribution is 8.05.